The predicted molar refractivity (Wildman–Crippen MR) is 128 cm³/mol. The second-order valence-corrected chi connectivity index (χ2v) is 7.40. The van der Waals surface area contributed by atoms with Gasteiger partial charge in [-0.1, -0.05) is 36.9 Å². The molecular formula is C26H31NO5. The SMILES string of the molecule is C=C(C)N1CC(c2ccc(OC)c3oc4ccccc4c23)CC1=O.C=CC.COC(C)=O. The van der Waals surface area contributed by atoms with Crippen LogP contribution in [0.15, 0.2) is 65.7 Å². The number of hydrogen-bond donors (Lipinski definition) is 0. The van der Waals surface area contributed by atoms with Gasteiger partial charge >= 0.3 is 5.97 Å². The van der Waals surface area contributed by atoms with Crippen molar-refractivity contribution >= 4 is 33.8 Å². The third-order valence-electron chi connectivity index (χ3n) is 5.06. The predicted octanol–water partition coefficient (Wildman–Crippen LogP) is 5.82. The average Bonchev–Trinajstić information content (AvgIpc) is 3.35. The molecule has 6 nitrogen and oxygen atoms in total. The maximum Gasteiger partial charge on any atom is 0.302 e. The third-order valence-corrected chi connectivity index (χ3v) is 5.06. The normalized spacial score (nSPS) is 14.8. The molecular weight excluding hydrogens is 406 g/mol. The van der Waals surface area contributed by atoms with Gasteiger partial charge in [0.15, 0.2) is 11.3 Å². The highest BCUT2D eigenvalue weighted by Gasteiger charge is 2.33. The maximum atomic E-state index is 12.3. The van der Waals surface area contributed by atoms with Gasteiger partial charge < -0.3 is 18.8 Å². The van der Waals surface area contributed by atoms with Crippen molar-refractivity contribution in [2.45, 2.75) is 33.1 Å². The first-order valence-corrected chi connectivity index (χ1v) is 10.3. The Balaban J connectivity index is 0.000000395. The lowest BCUT2D eigenvalue weighted by molar-refractivity contribution is -0.138. The molecule has 1 aromatic heterocycles. The van der Waals surface area contributed by atoms with Gasteiger partial charge in [-0.25, -0.2) is 0 Å². The summed E-state index contributed by atoms with van der Waals surface area (Å²) in [5.74, 6) is 0.726. The van der Waals surface area contributed by atoms with Crippen molar-refractivity contribution in [3.63, 3.8) is 0 Å². The molecule has 0 radical (unpaired) electrons. The van der Waals surface area contributed by atoms with E-state index in [1.54, 1.807) is 18.1 Å². The fourth-order valence-corrected chi connectivity index (χ4v) is 3.62. The van der Waals surface area contributed by atoms with Crippen LogP contribution in [0.5, 0.6) is 5.75 Å². The highest BCUT2D eigenvalue weighted by atomic mass is 16.5. The summed E-state index contributed by atoms with van der Waals surface area (Å²) in [5, 5.41) is 2.11. The fraction of sp³-hybridized carbons (Fsp3) is 0.308. The summed E-state index contributed by atoms with van der Waals surface area (Å²) in [4.78, 5) is 23.6. The minimum atomic E-state index is -0.245. The minimum Gasteiger partial charge on any atom is -0.493 e. The Labute approximate surface area is 189 Å². The first kappa shape index (κ1) is 24.7. The zero-order valence-corrected chi connectivity index (χ0v) is 19.4. The van der Waals surface area contributed by atoms with Gasteiger partial charge in [-0.05, 0) is 31.5 Å². The van der Waals surface area contributed by atoms with Gasteiger partial charge in [0.2, 0.25) is 5.91 Å². The topological polar surface area (TPSA) is 69.0 Å². The summed E-state index contributed by atoms with van der Waals surface area (Å²) in [6, 6.07) is 12.0. The summed E-state index contributed by atoms with van der Waals surface area (Å²) in [5.41, 5.74) is 3.51. The molecule has 170 valence electrons. The smallest absolute Gasteiger partial charge is 0.302 e. The van der Waals surface area contributed by atoms with Crippen LogP contribution >= 0.6 is 0 Å². The van der Waals surface area contributed by atoms with Gasteiger partial charge in [-0.15, -0.1) is 6.58 Å². The van der Waals surface area contributed by atoms with E-state index in [1.165, 1.54) is 14.0 Å². The summed E-state index contributed by atoms with van der Waals surface area (Å²) in [6.07, 6.45) is 2.24. The number of carbonyl (C=O) groups excluding carboxylic acids is 2. The van der Waals surface area contributed by atoms with Gasteiger partial charge in [0.1, 0.15) is 5.58 Å². The van der Waals surface area contributed by atoms with Crippen LogP contribution in [0, 0.1) is 0 Å². The summed E-state index contributed by atoms with van der Waals surface area (Å²) in [6.45, 7) is 13.1. The molecule has 1 saturated heterocycles. The van der Waals surface area contributed by atoms with Crippen molar-refractivity contribution in [3.05, 3.63) is 66.9 Å². The van der Waals surface area contributed by atoms with Gasteiger partial charge in [0.05, 0.1) is 14.2 Å². The lowest BCUT2D eigenvalue weighted by atomic mass is 9.93. The van der Waals surface area contributed by atoms with E-state index >= 15 is 0 Å². The molecule has 1 aliphatic rings. The third kappa shape index (κ3) is 5.38. The number of ether oxygens (including phenoxy) is 2. The number of benzene rings is 2. The molecule has 2 heterocycles. The number of hydrogen-bond acceptors (Lipinski definition) is 5. The molecule has 32 heavy (non-hydrogen) atoms. The first-order valence-electron chi connectivity index (χ1n) is 10.3. The Bertz CT molecular complexity index is 1130. The monoisotopic (exact) mass is 437 g/mol. The number of fused-ring (bicyclic) bond motifs is 3. The summed E-state index contributed by atoms with van der Waals surface area (Å²) < 4.78 is 15.6. The maximum absolute atomic E-state index is 12.3. The summed E-state index contributed by atoms with van der Waals surface area (Å²) >= 11 is 0. The van der Waals surface area contributed by atoms with Crippen molar-refractivity contribution in [2.75, 3.05) is 20.8 Å². The van der Waals surface area contributed by atoms with Crippen molar-refractivity contribution < 1.29 is 23.5 Å². The number of nitrogens with zero attached hydrogens (tertiary/aromatic N) is 1. The van der Waals surface area contributed by atoms with E-state index in [4.69, 9.17) is 9.15 Å². The Morgan fingerprint density at radius 1 is 1.19 bits per heavy atom. The second-order valence-electron chi connectivity index (χ2n) is 7.40. The molecule has 0 aliphatic carbocycles. The number of likely N-dealkylation sites (tertiary alicyclic amines) is 1. The van der Waals surface area contributed by atoms with Crippen molar-refractivity contribution in [2.24, 2.45) is 0 Å². The molecule has 4 rings (SSSR count). The molecule has 0 bridgehead atoms. The van der Waals surface area contributed by atoms with Crippen LogP contribution < -0.4 is 4.74 Å². The number of methoxy groups -OCH3 is 2. The van der Waals surface area contributed by atoms with Crippen molar-refractivity contribution in [1.29, 1.82) is 0 Å². The largest absolute Gasteiger partial charge is 0.493 e. The molecule has 0 saturated carbocycles. The molecule has 1 amide bonds. The number of allylic oxidation sites excluding steroid dienone is 2. The lowest BCUT2D eigenvalue weighted by Crippen LogP contribution is -2.22. The number of esters is 1. The highest BCUT2D eigenvalue weighted by Crippen LogP contribution is 2.42. The van der Waals surface area contributed by atoms with Crippen LogP contribution in [0.4, 0.5) is 0 Å². The molecule has 1 atom stereocenters. The average molecular weight is 438 g/mol. The van der Waals surface area contributed by atoms with Gasteiger partial charge in [-0.2, -0.15) is 0 Å². The molecule has 0 N–H and O–H groups in total. The van der Waals surface area contributed by atoms with Crippen LogP contribution in [0.1, 0.15) is 38.7 Å². The molecule has 1 unspecified atom stereocenters. The zero-order chi connectivity index (χ0) is 23.8. The molecule has 1 aliphatic heterocycles. The van der Waals surface area contributed by atoms with E-state index in [2.05, 4.69) is 30.0 Å². The van der Waals surface area contributed by atoms with E-state index in [1.807, 2.05) is 38.1 Å². The number of carbonyl (C=O) groups is 2. The Morgan fingerprint density at radius 2 is 1.81 bits per heavy atom. The lowest BCUT2D eigenvalue weighted by Gasteiger charge is -2.16. The zero-order valence-electron chi connectivity index (χ0n) is 19.4. The van der Waals surface area contributed by atoms with Gasteiger partial charge in [0.25, 0.3) is 0 Å². The van der Waals surface area contributed by atoms with Crippen molar-refractivity contribution in [1.82, 2.24) is 4.90 Å². The number of para-hydroxylation sites is 1. The van der Waals surface area contributed by atoms with E-state index < -0.39 is 0 Å². The first-order chi connectivity index (χ1) is 15.3. The van der Waals surface area contributed by atoms with E-state index in [9.17, 15) is 9.59 Å². The number of amides is 1. The quantitative estimate of drug-likeness (QED) is 0.382. The van der Waals surface area contributed by atoms with Crippen LogP contribution in [-0.2, 0) is 14.3 Å². The van der Waals surface area contributed by atoms with Gasteiger partial charge in [-0.3, -0.25) is 9.59 Å². The summed E-state index contributed by atoms with van der Waals surface area (Å²) in [7, 11) is 2.99. The van der Waals surface area contributed by atoms with E-state index in [-0.39, 0.29) is 17.8 Å². The molecule has 2 aromatic carbocycles. The number of furan rings is 1. The van der Waals surface area contributed by atoms with Gasteiger partial charge in [0, 0.05) is 42.3 Å². The highest BCUT2D eigenvalue weighted by molar-refractivity contribution is 6.09. The van der Waals surface area contributed by atoms with E-state index in [0.29, 0.717) is 18.7 Å². The standard InChI is InChI=1S/C20H19NO3.C3H6O2.C3H6/c1-12(2)21-11-13(10-18(21)22)14-8-9-17(23-3)20-19(14)15-6-4-5-7-16(15)24-20;1-3(4)5-2;1-3-2/h4-9,13H,1,10-11H2,2-3H3;1-2H3;3H,1H2,2H3. The minimum absolute atomic E-state index is 0.128. The van der Waals surface area contributed by atoms with Crippen LogP contribution in [0.2, 0.25) is 0 Å². The van der Waals surface area contributed by atoms with E-state index in [0.717, 1.165) is 33.2 Å². The Morgan fingerprint density at radius 3 is 2.34 bits per heavy atom. The van der Waals surface area contributed by atoms with Crippen molar-refractivity contribution in [3.8, 4) is 5.75 Å². The number of rotatable bonds is 3. The molecule has 1 fully saturated rings. The Hall–Kier alpha value is -3.54. The second kappa shape index (κ2) is 11.2. The Kier molecular flexibility index (Phi) is 8.64. The van der Waals surface area contributed by atoms with Crippen LogP contribution in [0.3, 0.4) is 0 Å². The van der Waals surface area contributed by atoms with Crippen LogP contribution in [-0.4, -0.2) is 37.5 Å². The molecule has 3 aromatic rings. The molecule has 6 heteroatoms. The molecule has 0 spiro atoms. The fourth-order valence-electron chi connectivity index (χ4n) is 3.62. The van der Waals surface area contributed by atoms with Crippen LogP contribution in [0.25, 0.3) is 21.9 Å².